The molecule has 0 aliphatic heterocycles. The standard InChI is InChI=1S/C10H13N3O4/c1-12(4-5-14)9-3-2-7(13(16)17)6-8(9)10(11)15/h2-3,6,14H,4-5H2,1H3,(H2,11,15). The highest BCUT2D eigenvalue weighted by molar-refractivity contribution is 5.99. The minimum absolute atomic E-state index is 0.0650. The Hall–Kier alpha value is -2.15. The second-order valence-electron chi connectivity index (χ2n) is 3.47. The highest BCUT2D eigenvalue weighted by Crippen LogP contribution is 2.24. The van der Waals surface area contributed by atoms with Crippen molar-refractivity contribution in [2.75, 3.05) is 25.1 Å². The lowest BCUT2D eigenvalue weighted by molar-refractivity contribution is -0.384. The zero-order chi connectivity index (χ0) is 13.0. The second-order valence-corrected chi connectivity index (χ2v) is 3.47. The molecule has 0 aliphatic rings. The molecule has 0 heterocycles. The maximum atomic E-state index is 11.2. The Bertz CT molecular complexity index is 447. The summed E-state index contributed by atoms with van der Waals surface area (Å²) in [5.74, 6) is -0.742. The number of nitro groups is 1. The number of nitrogens with zero attached hydrogens (tertiary/aromatic N) is 2. The van der Waals surface area contributed by atoms with Gasteiger partial charge in [0.15, 0.2) is 0 Å². The van der Waals surface area contributed by atoms with E-state index in [1.54, 1.807) is 11.9 Å². The van der Waals surface area contributed by atoms with Crippen molar-refractivity contribution >= 4 is 17.3 Å². The maximum Gasteiger partial charge on any atom is 0.270 e. The molecule has 1 amide bonds. The van der Waals surface area contributed by atoms with Gasteiger partial charge >= 0.3 is 0 Å². The van der Waals surface area contributed by atoms with Crippen LogP contribution in [0.4, 0.5) is 11.4 Å². The van der Waals surface area contributed by atoms with Crippen LogP contribution in [0.15, 0.2) is 18.2 Å². The molecule has 7 heteroatoms. The molecule has 0 fully saturated rings. The molecule has 1 aromatic carbocycles. The van der Waals surface area contributed by atoms with Crippen molar-refractivity contribution in [1.82, 2.24) is 0 Å². The Balaban J connectivity index is 3.22. The molecule has 0 spiro atoms. The molecule has 17 heavy (non-hydrogen) atoms. The van der Waals surface area contributed by atoms with Crippen molar-refractivity contribution in [2.45, 2.75) is 0 Å². The van der Waals surface area contributed by atoms with Gasteiger partial charge < -0.3 is 15.7 Å². The number of aliphatic hydroxyl groups is 1. The fourth-order valence-electron chi connectivity index (χ4n) is 1.44. The van der Waals surface area contributed by atoms with Gasteiger partial charge in [-0.05, 0) is 6.07 Å². The molecule has 0 radical (unpaired) electrons. The van der Waals surface area contributed by atoms with Crippen LogP contribution in [0.25, 0.3) is 0 Å². The predicted molar refractivity (Wildman–Crippen MR) is 62.0 cm³/mol. The van der Waals surface area contributed by atoms with Gasteiger partial charge in [0, 0.05) is 31.4 Å². The Morgan fingerprint density at radius 3 is 2.71 bits per heavy atom. The van der Waals surface area contributed by atoms with E-state index < -0.39 is 10.8 Å². The first-order valence-electron chi connectivity index (χ1n) is 4.87. The molecule has 7 nitrogen and oxygen atoms in total. The Labute approximate surface area is 97.6 Å². The third-order valence-corrected chi connectivity index (χ3v) is 2.30. The van der Waals surface area contributed by atoms with E-state index in [9.17, 15) is 14.9 Å². The molecule has 0 bridgehead atoms. The Morgan fingerprint density at radius 1 is 1.59 bits per heavy atom. The van der Waals surface area contributed by atoms with Crippen molar-refractivity contribution in [1.29, 1.82) is 0 Å². The number of primary amides is 1. The third kappa shape index (κ3) is 2.91. The van der Waals surface area contributed by atoms with Crippen molar-refractivity contribution in [3.05, 3.63) is 33.9 Å². The van der Waals surface area contributed by atoms with Crippen LogP contribution in [-0.2, 0) is 0 Å². The quantitative estimate of drug-likeness (QED) is 0.560. The molecule has 0 unspecified atom stereocenters. The molecular formula is C10H13N3O4. The van der Waals surface area contributed by atoms with Crippen LogP contribution in [0, 0.1) is 10.1 Å². The Morgan fingerprint density at radius 2 is 2.24 bits per heavy atom. The number of amides is 1. The van der Waals surface area contributed by atoms with Crippen LogP contribution >= 0.6 is 0 Å². The van der Waals surface area contributed by atoms with E-state index in [1.165, 1.54) is 12.1 Å². The van der Waals surface area contributed by atoms with Crippen LogP contribution < -0.4 is 10.6 Å². The first kappa shape index (κ1) is 12.9. The van der Waals surface area contributed by atoms with Crippen LogP contribution in [0.1, 0.15) is 10.4 Å². The van der Waals surface area contributed by atoms with E-state index in [0.29, 0.717) is 12.2 Å². The molecule has 0 saturated heterocycles. The fraction of sp³-hybridized carbons (Fsp3) is 0.300. The predicted octanol–water partition coefficient (Wildman–Crippen LogP) is 0.122. The molecule has 1 rings (SSSR count). The molecule has 0 aliphatic carbocycles. The summed E-state index contributed by atoms with van der Waals surface area (Å²) in [6, 6.07) is 3.86. The van der Waals surface area contributed by atoms with Crippen LogP contribution in [0.2, 0.25) is 0 Å². The number of rotatable bonds is 5. The summed E-state index contributed by atoms with van der Waals surface area (Å²) in [4.78, 5) is 22.8. The van der Waals surface area contributed by atoms with E-state index in [2.05, 4.69) is 0 Å². The minimum Gasteiger partial charge on any atom is -0.395 e. The topological polar surface area (TPSA) is 110 Å². The van der Waals surface area contributed by atoms with Gasteiger partial charge in [-0.2, -0.15) is 0 Å². The van der Waals surface area contributed by atoms with Gasteiger partial charge in [-0.25, -0.2) is 0 Å². The van der Waals surface area contributed by atoms with Gasteiger partial charge in [0.1, 0.15) is 0 Å². The number of nitrogens with two attached hydrogens (primary N) is 1. The third-order valence-electron chi connectivity index (χ3n) is 2.30. The number of hydrogen-bond acceptors (Lipinski definition) is 5. The normalized spacial score (nSPS) is 10.0. The van der Waals surface area contributed by atoms with E-state index >= 15 is 0 Å². The van der Waals surface area contributed by atoms with Crippen LogP contribution in [0.3, 0.4) is 0 Å². The summed E-state index contributed by atoms with van der Waals surface area (Å²) >= 11 is 0. The number of hydrogen-bond donors (Lipinski definition) is 2. The first-order chi connectivity index (χ1) is 7.97. The number of anilines is 1. The van der Waals surface area contributed by atoms with E-state index in [1.807, 2.05) is 0 Å². The summed E-state index contributed by atoms with van der Waals surface area (Å²) in [7, 11) is 1.66. The lowest BCUT2D eigenvalue weighted by Crippen LogP contribution is -2.25. The fourth-order valence-corrected chi connectivity index (χ4v) is 1.44. The summed E-state index contributed by atoms with van der Waals surface area (Å²) in [6.07, 6.45) is 0. The van der Waals surface area contributed by atoms with Gasteiger partial charge in [-0.1, -0.05) is 0 Å². The number of benzene rings is 1. The van der Waals surface area contributed by atoms with Gasteiger partial charge in [0.2, 0.25) is 0 Å². The van der Waals surface area contributed by atoms with Gasteiger partial charge in [0.05, 0.1) is 17.1 Å². The first-order valence-corrected chi connectivity index (χ1v) is 4.87. The maximum absolute atomic E-state index is 11.2. The SMILES string of the molecule is CN(CCO)c1ccc([N+](=O)[O-])cc1C(N)=O. The number of non-ortho nitro benzene ring substituents is 1. The largest absolute Gasteiger partial charge is 0.395 e. The highest BCUT2D eigenvalue weighted by atomic mass is 16.6. The number of aliphatic hydroxyl groups excluding tert-OH is 1. The van der Waals surface area contributed by atoms with Crippen molar-refractivity contribution in [3.63, 3.8) is 0 Å². The average molecular weight is 239 g/mol. The molecule has 0 saturated carbocycles. The van der Waals surface area contributed by atoms with Crippen molar-refractivity contribution < 1.29 is 14.8 Å². The number of carbonyl (C=O) groups is 1. The molecule has 3 N–H and O–H groups in total. The Kier molecular flexibility index (Phi) is 4.00. The van der Waals surface area contributed by atoms with E-state index in [4.69, 9.17) is 10.8 Å². The van der Waals surface area contributed by atoms with E-state index in [-0.39, 0.29) is 17.9 Å². The lowest BCUT2D eigenvalue weighted by atomic mass is 10.1. The van der Waals surface area contributed by atoms with E-state index in [0.717, 1.165) is 6.07 Å². The van der Waals surface area contributed by atoms with Crippen molar-refractivity contribution in [3.8, 4) is 0 Å². The number of carbonyl (C=O) groups excluding carboxylic acids is 1. The summed E-state index contributed by atoms with van der Waals surface area (Å²) in [5, 5.41) is 19.4. The molecule has 0 atom stereocenters. The molecule has 92 valence electrons. The average Bonchev–Trinajstić information content (AvgIpc) is 2.28. The monoisotopic (exact) mass is 239 g/mol. The smallest absolute Gasteiger partial charge is 0.270 e. The number of nitro benzene ring substituents is 1. The highest BCUT2D eigenvalue weighted by Gasteiger charge is 2.16. The molecular weight excluding hydrogens is 226 g/mol. The van der Waals surface area contributed by atoms with Gasteiger partial charge in [0.25, 0.3) is 11.6 Å². The summed E-state index contributed by atoms with van der Waals surface area (Å²) < 4.78 is 0. The van der Waals surface area contributed by atoms with Crippen LogP contribution in [-0.4, -0.2) is 36.1 Å². The lowest BCUT2D eigenvalue weighted by Gasteiger charge is -2.20. The zero-order valence-corrected chi connectivity index (χ0v) is 9.29. The zero-order valence-electron chi connectivity index (χ0n) is 9.29. The second kappa shape index (κ2) is 5.26. The number of likely N-dealkylation sites (N-methyl/N-ethyl adjacent to an activating group) is 1. The van der Waals surface area contributed by atoms with Crippen LogP contribution in [0.5, 0.6) is 0 Å². The molecule has 1 aromatic rings. The summed E-state index contributed by atoms with van der Waals surface area (Å²) in [6.45, 7) is 0.212. The van der Waals surface area contributed by atoms with Gasteiger partial charge in [-0.3, -0.25) is 14.9 Å². The van der Waals surface area contributed by atoms with Crippen molar-refractivity contribution in [2.24, 2.45) is 5.73 Å². The molecule has 0 aromatic heterocycles. The van der Waals surface area contributed by atoms with Gasteiger partial charge in [-0.15, -0.1) is 0 Å². The minimum atomic E-state index is -0.742. The summed E-state index contributed by atoms with van der Waals surface area (Å²) in [5.41, 5.74) is 5.49.